The fourth-order valence-corrected chi connectivity index (χ4v) is 3.50. The van der Waals surface area contributed by atoms with Crippen molar-refractivity contribution in [1.82, 2.24) is 5.32 Å². The summed E-state index contributed by atoms with van der Waals surface area (Å²) < 4.78 is 16.4. The van der Waals surface area contributed by atoms with Gasteiger partial charge >= 0.3 is 0 Å². The van der Waals surface area contributed by atoms with E-state index in [-0.39, 0.29) is 30.6 Å². The first-order chi connectivity index (χ1) is 10.8. The lowest BCUT2D eigenvalue weighted by molar-refractivity contribution is -0.134. The van der Waals surface area contributed by atoms with Gasteiger partial charge in [0.1, 0.15) is 6.61 Å². The molecule has 0 spiro atoms. The number of amides is 1. The third kappa shape index (κ3) is 3.32. The fourth-order valence-electron chi connectivity index (χ4n) is 3.50. The zero-order valence-electron chi connectivity index (χ0n) is 12.9. The smallest absolute Gasteiger partial charge is 0.246 e. The molecule has 22 heavy (non-hydrogen) atoms. The molecule has 3 rings (SSSR count). The van der Waals surface area contributed by atoms with Crippen LogP contribution in [0.4, 0.5) is 0 Å². The maximum Gasteiger partial charge on any atom is 0.246 e. The van der Waals surface area contributed by atoms with Crippen LogP contribution in [0.25, 0.3) is 0 Å². The maximum absolute atomic E-state index is 12.1. The van der Waals surface area contributed by atoms with Gasteiger partial charge in [-0.1, -0.05) is 30.3 Å². The summed E-state index contributed by atoms with van der Waals surface area (Å²) >= 11 is 0. The minimum absolute atomic E-state index is 0.0626. The second kappa shape index (κ2) is 7.22. The lowest BCUT2D eigenvalue weighted by Gasteiger charge is -2.47. The number of carbonyl (C=O) groups is 1. The van der Waals surface area contributed by atoms with E-state index in [1.165, 1.54) is 0 Å². The van der Waals surface area contributed by atoms with Crippen LogP contribution in [-0.2, 0) is 25.6 Å². The largest absolute Gasteiger partial charge is 0.384 e. The topological polar surface area (TPSA) is 56.8 Å². The molecule has 0 unspecified atom stereocenters. The van der Waals surface area contributed by atoms with Gasteiger partial charge in [-0.05, 0) is 12.0 Å². The molecule has 1 aromatic rings. The first-order valence-corrected chi connectivity index (χ1v) is 7.81. The Hall–Kier alpha value is -1.43. The van der Waals surface area contributed by atoms with E-state index in [2.05, 4.69) is 5.32 Å². The molecule has 0 bridgehead atoms. The van der Waals surface area contributed by atoms with Gasteiger partial charge in [0.15, 0.2) is 0 Å². The first-order valence-electron chi connectivity index (χ1n) is 7.81. The summed E-state index contributed by atoms with van der Waals surface area (Å²) in [4.78, 5) is 12.1. The number of hydrogen-bond donors (Lipinski definition) is 1. The van der Waals surface area contributed by atoms with E-state index in [1.807, 2.05) is 30.3 Å². The van der Waals surface area contributed by atoms with E-state index in [0.717, 1.165) is 18.6 Å². The minimum atomic E-state index is -0.0626. The van der Waals surface area contributed by atoms with Crippen molar-refractivity contribution in [3.05, 3.63) is 35.9 Å². The Bertz CT molecular complexity index is 493. The fraction of sp³-hybridized carbons (Fsp3) is 0.588. The Balaban J connectivity index is 1.43. The monoisotopic (exact) mass is 305 g/mol. The summed E-state index contributed by atoms with van der Waals surface area (Å²) in [6.45, 7) is 1.95. The number of benzene rings is 1. The summed E-state index contributed by atoms with van der Waals surface area (Å²) in [5.41, 5.74) is 1.07. The van der Waals surface area contributed by atoms with Gasteiger partial charge in [-0.2, -0.15) is 0 Å². The van der Waals surface area contributed by atoms with Crippen molar-refractivity contribution in [1.29, 1.82) is 0 Å². The van der Waals surface area contributed by atoms with Crippen LogP contribution in [0.15, 0.2) is 30.3 Å². The Labute approximate surface area is 130 Å². The van der Waals surface area contributed by atoms with E-state index in [1.54, 1.807) is 7.11 Å². The first kappa shape index (κ1) is 15.5. The molecule has 1 heterocycles. The molecule has 0 radical (unpaired) electrons. The molecule has 1 aliphatic carbocycles. The summed E-state index contributed by atoms with van der Waals surface area (Å²) in [5.74, 6) is 0.626. The molecule has 1 amide bonds. The Morgan fingerprint density at radius 2 is 2.18 bits per heavy atom. The van der Waals surface area contributed by atoms with Crippen LogP contribution in [0.2, 0.25) is 0 Å². The van der Waals surface area contributed by atoms with E-state index in [9.17, 15) is 4.79 Å². The van der Waals surface area contributed by atoms with Gasteiger partial charge in [0.05, 0.1) is 19.3 Å². The molecule has 120 valence electrons. The zero-order valence-corrected chi connectivity index (χ0v) is 12.9. The molecule has 2 fully saturated rings. The third-order valence-corrected chi connectivity index (χ3v) is 4.56. The quantitative estimate of drug-likeness (QED) is 0.826. The van der Waals surface area contributed by atoms with Crippen LogP contribution >= 0.6 is 0 Å². The van der Waals surface area contributed by atoms with Crippen molar-refractivity contribution in [2.45, 2.75) is 25.2 Å². The highest BCUT2D eigenvalue weighted by Crippen LogP contribution is 2.43. The molecule has 1 N–H and O–H groups in total. The van der Waals surface area contributed by atoms with Crippen LogP contribution in [0.1, 0.15) is 12.0 Å². The second-order valence-corrected chi connectivity index (χ2v) is 5.98. The average molecular weight is 305 g/mol. The summed E-state index contributed by atoms with van der Waals surface area (Å²) in [6, 6.07) is 10.0. The zero-order chi connectivity index (χ0) is 15.4. The normalized spacial score (nSPS) is 29.7. The number of methoxy groups -OCH3 is 1. The van der Waals surface area contributed by atoms with Gasteiger partial charge in [-0.3, -0.25) is 4.79 Å². The number of hydrogen-bond acceptors (Lipinski definition) is 4. The molecule has 1 saturated carbocycles. The van der Waals surface area contributed by atoms with Gasteiger partial charge < -0.3 is 19.5 Å². The summed E-state index contributed by atoms with van der Waals surface area (Å²) in [5, 5.41) is 3.09. The lowest BCUT2D eigenvalue weighted by Crippen LogP contribution is -2.63. The van der Waals surface area contributed by atoms with Gasteiger partial charge in [0.25, 0.3) is 0 Å². The third-order valence-electron chi connectivity index (χ3n) is 4.56. The van der Waals surface area contributed by atoms with E-state index in [4.69, 9.17) is 14.2 Å². The van der Waals surface area contributed by atoms with E-state index in [0.29, 0.717) is 19.1 Å². The Kier molecular flexibility index (Phi) is 5.08. The van der Waals surface area contributed by atoms with Crippen LogP contribution in [0, 0.1) is 11.8 Å². The van der Waals surface area contributed by atoms with Gasteiger partial charge in [-0.25, -0.2) is 0 Å². The molecule has 5 nitrogen and oxygen atoms in total. The predicted molar refractivity (Wildman–Crippen MR) is 81.2 cm³/mol. The van der Waals surface area contributed by atoms with Crippen molar-refractivity contribution >= 4 is 5.91 Å². The molecule has 2 aliphatic rings. The molecule has 5 heteroatoms. The Morgan fingerprint density at radius 1 is 1.36 bits per heavy atom. The van der Waals surface area contributed by atoms with Gasteiger partial charge in [0.2, 0.25) is 5.91 Å². The standard InChI is InChI=1S/C17H23NO4/c1-20-10-14-16(13-7-8-22-17(13)14)18-15(19)11-21-9-12-5-3-2-4-6-12/h2-6,13-14,16-17H,7-11H2,1H3,(H,18,19)/t13-,14+,16-,17-/m0/s1. The molecule has 1 saturated heterocycles. The number of rotatable bonds is 7. The van der Waals surface area contributed by atoms with Gasteiger partial charge in [-0.15, -0.1) is 0 Å². The highest BCUT2D eigenvalue weighted by molar-refractivity contribution is 5.77. The summed E-state index contributed by atoms with van der Waals surface area (Å²) in [7, 11) is 1.68. The van der Waals surface area contributed by atoms with Gasteiger partial charge in [0, 0.05) is 31.6 Å². The van der Waals surface area contributed by atoms with Crippen molar-refractivity contribution < 1.29 is 19.0 Å². The molecule has 1 aromatic carbocycles. The van der Waals surface area contributed by atoms with E-state index < -0.39 is 0 Å². The summed E-state index contributed by atoms with van der Waals surface area (Å²) in [6.07, 6.45) is 1.26. The molecule has 4 atom stereocenters. The lowest BCUT2D eigenvalue weighted by atomic mass is 9.67. The van der Waals surface area contributed by atoms with Crippen LogP contribution in [0.3, 0.4) is 0 Å². The molecule has 0 aromatic heterocycles. The molecular formula is C17H23NO4. The van der Waals surface area contributed by atoms with Crippen molar-refractivity contribution in [2.24, 2.45) is 11.8 Å². The van der Waals surface area contributed by atoms with Crippen molar-refractivity contribution in [2.75, 3.05) is 26.9 Å². The van der Waals surface area contributed by atoms with Crippen molar-refractivity contribution in [3.63, 3.8) is 0 Å². The highest BCUT2D eigenvalue weighted by atomic mass is 16.5. The molecule has 1 aliphatic heterocycles. The number of fused-ring (bicyclic) bond motifs is 1. The maximum atomic E-state index is 12.1. The SMILES string of the molecule is COC[C@@H]1[C@@H](NC(=O)COCc2ccccc2)[C@@H]2CCO[C@H]12. The number of ether oxygens (including phenoxy) is 3. The molecular weight excluding hydrogens is 282 g/mol. The van der Waals surface area contributed by atoms with Crippen LogP contribution in [0.5, 0.6) is 0 Å². The highest BCUT2D eigenvalue weighted by Gasteiger charge is 2.54. The Morgan fingerprint density at radius 3 is 2.95 bits per heavy atom. The van der Waals surface area contributed by atoms with Crippen LogP contribution in [-0.4, -0.2) is 45.0 Å². The predicted octanol–water partition coefficient (Wildman–Crippen LogP) is 1.37. The number of carbonyl (C=O) groups excluding carboxylic acids is 1. The van der Waals surface area contributed by atoms with Crippen LogP contribution < -0.4 is 5.32 Å². The second-order valence-electron chi connectivity index (χ2n) is 5.98. The number of nitrogens with one attached hydrogen (secondary N) is 1. The average Bonchev–Trinajstić information content (AvgIpc) is 2.96. The minimum Gasteiger partial charge on any atom is -0.384 e. The van der Waals surface area contributed by atoms with E-state index >= 15 is 0 Å². The van der Waals surface area contributed by atoms with Crippen molar-refractivity contribution in [3.8, 4) is 0 Å².